The standard InChI is InChI=1S/C7H14ClNO3S/c1-7(2)3-6(4-12-7)9-13(10,11)5-8/h6,9H,3-5H2,1-2H3. The molecule has 0 amide bonds. The maximum atomic E-state index is 11.1. The average Bonchev–Trinajstić information content (AvgIpc) is 2.29. The molecule has 1 fully saturated rings. The van der Waals surface area contributed by atoms with E-state index < -0.39 is 15.2 Å². The summed E-state index contributed by atoms with van der Waals surface area (Å²) in [4.78, 5) is 0. The molecular weight excluding hydrogens is 214 g/mol. The van der Waals surface area contributed by atoms with Crippen molar-refractivity contribution in [1.82, 2.24) is 4.72 Å². The summed E-state index contributed by atoms with van der Waals surface area (Å²) in [5, 5.41) is -0.399. The first-order valence-corrected chi connectivity index (χ1v) is 6.23. The first-order valence-electron chi connectivity index (χ1n) is 4.04. The summed E-state index contributed by atoms with van der Waals surface area (Å²) in [5.41, 5.74) is -0.237. The van der Waals surface area contributed by atoms with Crippen LogP contribution >= 0.6 is 11.6 Å². The highest BCUT2D eigenvalue weighted by Gasteiger charge is 2.33. The number of alkyl halides is 1. The highest BCUT2D eigenvalue weighted by atomic mass is 35.5. The Hall–Kier alpha value is 0.160. The summed E-state index contributed by atoms with van der Waals surface area (Å²) in [6, 6.07) is -0.140. The molecule has 0 aromatic carbocycles. The Bertz CT molecular complexity index is 275. The Morgan fingerprint density at radius 2 is 2.23 bits per heavy atom. The number of rotatable bonds is 3. The van der Waals surface area contributed by atoms with Crippen molar-refractivity contribution < 1.29 is 13.2 Å². The maximum Gasteiger partial charge on any atom is 0.225 e. The summed E-state index contributed by atoms with van der Waals surface area (Å²) >= 11 is 5.25. The van der Waals surface area contributed by atoms with E-state index in [4.69, 9.17) is 16.3 Å². The number of ether oxygens (including phenoxy) is 1. The number of nitrogens with one attached hydrogen (secondary N) is 1. The Labute approximate surface area is 83.7 Å². The van der Waals surface area contributed by atoms with Crippen molar-refractivity contribution >= 4 is 21.6 Å². The normalized spacial score (nSPS) is 27.8. The predicted molar refractivity (Wildman–Crippen MR) is 51.2 cm³/mol. The molecule has 4 nitrogen and oxygen atoms in total. The quantitative estimate of drug-likeness (QED) is 0.721. The van der Waals surface area contributed by atoms with Gasteiger partial charge in [-0.1, -0.05) is 0 Å². The molecule has 0 spiro atoms. The van der Waals surface area contributed by atoms with Crippen molar-refractivity contribution in [1.29, 1.82) is 0 Å². The third kappa shape index (κ3) is 3.42. The van der Waals surface area contributed by atoms with Gasteiger partial charge in [0.25, 0.3) is 0 Å². The van der Waals surface area contributed by atoms with Gasteiger partial charge in [0, 0.05) is 6.04 Å². The van der Waals surface area contributed by atoms with Crippen molar-refractivity contribution in [2.45, 2.75) is 31.9 Å². The van der Waals surface area contributed by atoms with Crippen LogP contribution in [-0.4, -0.2) is 31.9 Å². The van der Waals surface area contributed by atoms with Gasteiger partial charge in [0.2, 0.25) is 10.0 Å². The van der Waals surface area contributed by atoms with Crippen molar-refractivity contribution in [3.05, 3.63) is 0 Å². The summed E-state index contributed by atoms with van der Waals surface area (Å²) in [6.07, 6.45) is 0.684. The van der Waals surface area contributed by atoms with Crippen LogP contribution in [0.4, 0.5) is 0 Å². The van der Waals surface area contributed by atoms with Crippen LogP contribution in [0.15, 0.2) is 0 Å². The molecular formula is C7H14ClNO3S. The largest absolute Gasteiger partial charge is 0.374 e. The summed E-state index contributed by atoms with van der Waals surface area (Å²) < 4.78 is 30.0. The molecule has 0 radical (unpaired) electrons. The number of hydrogen-bond donors (Lipinski definition) is 1. The zero-order valence-corrected chi connectivity index (χ0v) is 9.28. The molecule has 1 aliphatic heterocycles. The molecule has 1 atom stereocenters. The minimum atomic E-state index is -3.32. The molecule has 0 bridgehead atoms. The van der Waals surface area contributed by atoms with E-state index in [1.807, 2.05) is 13.8 Å². The van der Waals surface area contributed by atoms with Crippen LogP contribution in [0.3, 0.4) is 0 Å². The number of hydrogen-bond acceptors (Lipinski definition) is 3. The van der Waals surface area contributed by atoms with Gasteiger partial charge < -0.3 is 4.74 Å². The third-order valence-corrected chi connectivity index (χ3v) is 3.74. The van der Waals surface area contributed by atoms with Gasteiger partial charge in [0.05, 0.1) is 12.2 Å². The van der Waals surface area contributed by atoms with Crippen LogP contribution in [0, 0.1) is 0 Å². The Balaban J connectivity index is 2.50. The topological polar surface area (TPSA) is 55.4 Å². The van der Waals surface area contributed by atoms with E-state index in [0.717, 1.165) is 0 Å². The molecule has 0 aromatic heterocycles. The molecule has 1 saturated heterocycles. The molecule has 0 aromatic rings. The lowest BCUT2D eigenvalue weighted by Crippen LogP contribution is -2.36. The third-order valence-electron chi connectivity index (χ3n) is 1.90. The molecule has 0 saturated carbocycles. The zero-order valence-electron chi connectivity index (χ0n) is 7.71. The van der Waals surface area contributed by atoms with Crippen molar-refractivity contribution in [2.75, 3.05) is 11.8 Å². The van der Waals surface area contributed by atoms with E-state index in [1.165, 1.54) is 0 Å². The molecule has 1 aliphatic rings. The Morgan fingerprint density at radius 1 is 1.62 bits per heavy atom. The first kappa shape index (κ1) is 11.2. The smallest absolute Gasteiger partial charge is 0.225 e. The second kappa shape index (κ2) is 3.73. The molecule has 1 unspecified atom stereocenters. The lowest BCUT2D eigenvalue weighted by atomic mass is 10.0. The highest BCUT2D eigenvalue weighted by Crippen LogP contribution is 2.24. The van der Waals surface area contributed by atoms with Gasteiger partial charge in [0.1, 0.15) is 5.21 Å². The minimum Gasteiger partial charge on any atom is -0.374 e. The lowest BCUT2D eigenvalue weighted by Gasteiger charge is -2.15. The summed E-state index contributed by atoms with van der Waals surface area (Å²) in [6.45, 7) is 4.28. The van der Waals surface area contributed by atoms with Gasteiger partial charge in [-0.3, -0.25) is 0 Å². The van der Waals surface area contributed by atoms with Crippen LogP contribution in [0.1, 0.15) is 20.3 Å². The molecule has 1 N–H and O–H groups in total. The average molecular weight is 228 g/mol. The van der Waals surface area contributed by atoms with E-state index >= 15 is 0 Å². The lowest BCUT2D eigenvalue weighted by molar-refractivity contribution is 0.0359. The van der Waals surface area contributed by atoms with Gasteiger partial charge in [-0.2, -0.15) is 0 Å². The van der Waals surface area contributed by atoms with E-state index in [1.54, 1.807) is 0 Å². The van der Waals surface area contributed by atoms with Crippen molar-refractivity contribution in [2.24, 2.45) is 0 Å². The maximum absolute atomic E-state index is 11.1. The van der Waals surface area contributed by atoms with Gasteiger partial charge >= 0.3 is 0 Å². The minimum absolute atomic E-state index is 0.140. The van der Waals surface area contributed by atoms with E-state index in [-0.39, 0.29) is 11.6 Å². The predicted octanol–water partition coefficient (Wildman–Crippen LogP) is 0.670. The van der Waals surface area contributed by atoms with Crippen molar-refractivity contribution in [3.8, 4) is 0 Å². The van der Waals surface area contributed by atoms with E-state index in [0.29, 0.717) is 13.0 Å². The van der Waals surface area contributed by atoms with Crippen LogP contribution in [0.2, 0.25) is 0 Å². The van der Waals surface area contributed by atoms with Crippen LogP contribution in [-0.2, 0) is 14.8 Å². The van der Waals surface area contributed by atoms with Crippen molar-refractivity contribution in [3.63, 3.8) is 0 Å². The fourth-order valence-corrected chi connectivity index (χ4v) is 2.31. The second-order valence-electron chi connectivity index (χ2n) is 3.81. The SMILES string of the molecule is CC1(C)CC(NS(=O)(=O)CCl)CO1. The van der Waals surface area contributed by atoms with Gasteiger partial charge in [-0.15, -0.1) is 11.6 Å². The van der Waals surface area contributed by atoms with Crippen LogP contribution in [0.5, 0.6) is 0 Å². The van der Waals surface area contributed by atoms with Crippen LogP contribution in [0.25, 0.3) is 0 Å². The molecule has 0 aliphatic carbocycles. The molecule has 78 valence electrons. The van der Waals surface area contributed by atoms with E-state index in [9.17, 15) is 8.42 Å². The van der Waals surface area contributed by atoms with E-state index in [2.05, 4.69) is 4.72 Å². The van der Waals surface area contributed by atoms with Gasteiger partial charge in [0.15, 0.2) is 0 Å². The van der Waals surface area contributed by atoms with Gasteiger partial charge in [-0.05, 0) is 20.3 Å². The summed E-state index contributed by atoms with van der Waals surface area (Å²) in [7, 11) is -3.32. The Morgan fingerprint density at radius 3 is 2.62 bits per heavy atom. The zero-order chi connectivity index (χ0) is 10.1. The summed E-state index contributed by atoms with van der Waals surface area (Å²) in [5.74, 6) is 0. The molecule has 6 heteroatoms. The molecule has 1 rings (SSSR count). The molecule has 13 heavy (non-hydrogen) atoms. The Kier molecular flexibility index (Phi) is 3.22. The first-order chi connectivity index (χ1) is 5.85. The highest BCUT2D eigenvalue weighted by molar-refractivity contribution is 7.90. The monoisotopic (exact) mass is 227 g/mol. The second-order valence-corrected chi connectivity index (χ2v) is 6.15. The van der Waals surface area contributed by atoms with Gasteiger partial charge in [-0.25, -0.2) is 13.1 Å². The van der Waals surface area contributed by atoms with Crippen LogP contribution < -0.4 is 4.72 Å². The number of sulfonamides is 1. The molecule has 1 heterocycles. The fraction of sp³-hybridized carbons (Fsp3) is 1.00. The number of halogens is 1. The fourth-order valence-electron chi connectivity index (χ4n) is 1.40.